The van der Waals surface area contributed by atoms with Gasteiger partial charge in [-0.2, -0.15) is 0 Å². The summed E-state index contributed by atoms with van der Waals surface area (Å²) in [5, 5.41) is 0. The van der Waals surface area contributed by atoms with E-state index in [4.69, 9.17) is 0 Å². The van der Waals surface area contributed by atoms with Crippen molar-refractivity contribution < 1.29 is 0 Å². The Kier molecular flexibility index (Phi) is 3.97. The van der Waals surface area contributed by atoms with E-state index in [0.29, 0.717) is 6.42 Å². The first-order valence-electron chi connectivity index (χ1n) is 5.93. The van der Waals surface area contributed by atoms with Crippen LogP contribution in [0.1, 0.15) is 29.6 Å². The molecule has 3 nitrogen and oxygen atoms in total. The van der Waals surface area contributed by atoms with E-state index in [9.17, 15) is 4.79 Å². The van der Waals surface area contributed by atoms with Gasteiger partial charge in [0.15, 0.2) is 0 Å². The Morgan fingerprint density at radius 2 is 2.17 bits per heavy atom. The first kappa shape index (κ1) is 13.0. The average molecular weight is 307 g/mol. The van der Waals surface area contributed by atoms with Crippen molar-refractivity contribution in [1.29, 1.82) is 0 Å². The molecule has 0 radical (unpaired) electrons. The quantitative estimate of drug-likeness (QED) is 0.947. The highest BCUT2D eigenvalue weighted by Gasteiger charge is 2.06. The fourth-order valence-corrected chi connectivity index (χ4v) is 2.35. The maximum absolute atomic E-state index is 11.8. The van der Waals surface area contributed by atoms with Crippen LogP contribution < -0.4 is 5.56 Å². The zero-order valence-electron chi connectivity index (χ0n) is 10.5. The fourth-order valence-electron chi connectivity index (χ4n) is 1.90. The molecule has 0 saturated carbocycles. The average Bonchev–Trinajstić information content (AvgIpc) is 2.33. The van der Waals surface area contributed by atoms with Crippen molar-refractivity contribution >= 4 is 15.9 Å². The molecule has 0 aliphatic heterocycles. The predicted molar refractivity (Wildman–Crippen MR) is 75.9 cm³/mol. The minimum absolute atomic E-state index is 0.0353. The van der Waals surface area contributed by atoms with Crippen molar-refractivity contribution in [2.24, 2.45) is 0 Å². The van der Waals surface area contributed by atoms with Gasteiger partial charge in [-0.1, -0.05) is 35.0 Å². The molecule has 4 heteroatoms. The van der Waals surface area contributed by atoms with Crippen LogP contribution in [0.15, 0.2) is 33.5 Å². The lowest BCUT2D eigenvalue weighted by Gasteiger charge is -2.06. The molecule has 2 rings (SSSR count). The standard InChI is InChI=1S/C14H15BrN2O/c1-3-12-9(2)14(18)17-13(16-12)8-10-5-4-6-11(15)7-10/h4-7H,3,8H2,1-2H3,(H,16,17,18). The smallest absolute Gasteiger partial charge is 0.254 e. The topological polar surface area (TPSA) is 45.8 Å². The second-order valence-electron chi connectivity index (χ2n) is 4.24. The van der Waals surface area contributed by atoms with Gasteiger partial charge in [0.05, 0.1) is 5.69 Å². The third kappa shape index (κ3) is 2.88. The second-order valence-corrected chi connectivity index (χ2v) is 5.16. The van der Waals surface area contributed by atoms with E-state index in [1.54, 1.807) is 0 Å². The SMILES string of the molecule is CCc1nc(Cc2cccc(Br)c2)[nH]c(=O)c1C. The van der Waals surface area contributed by atoms with E-state index in [1.165, 1.54) is 0 Å². The van der Waals surface area contributed by atoms with Crippen LogP contribution in [0.25, 0.3) is 0 Å². The van der Waals surface area contributed by atoms with Gasteiger partial charge < -0.3 is 4.98 Å². The summed E-state index contributed by atoms with van der Waals surface area (Å²) in [4.78, 5) is 19.1. The van der Waals surface area contributed by atoms with Gasteiger partial charge in [-0.05, 0) is 31.0 Å². The molecule has 1 N–H and O–H groups in total. The number of nitrogens with zero attached hydrogens (tertiary/aromatic N) is 1. The predicted octanol–water partition coefficient (Wildman–Crippen LogP) is 2.99. The third-order valence-corrected chi connectivity index (χ3v) is 3.39. The van der Waals surface area contributed by atoms with Gasteiger partial charge in [0.25, 0.3) is 5.56 Å². The molecule has 0 saturated heterocycles. The summed E-state index contributed by atoms with van der Waals surface area (Å²) in [6.07, 6.45) is 1.42. The number of rotatable bonds is 3. The van der Waals surface area contributed by atoms with Gasteiger partial charge in [0.1, 0.15) is 5.82 Å². The first-order chi connectivity index (χ1) is 8.60. The van der Waals surface area contributed by atoms with Gasteiger partial charge in [-0.25, -0.2) is 4.98 Å². The van der Waals surface area contributed by atoms with Gasteiger partial charge in [0, 0.05) is 16.5 Å². The molecule has 1 aromatic heterocycles. The lowest BCUT2D eigenvalue weighted by Crippen LogP contribution is -2.17. The molecule has 0 aliphatic carbocycles. The summed E-state index contributed by atoms with van der Waals surface area (Å²) in [5.41, 5.74) is 2.68. The lowest BCUT2D eigenvalue weighted by atomic mass is 10.1. The molecule has 0 spiro atoms. The zero-order valence-corrected chi connectivity index (χ0v) is 12.0. The zero-order chi connectivity index (χ0) is 13.1. The van der Waals surface area contributed by atoms with E-state index in [2.05, 4.69) is 25.9 Å². The summed E-state index contributed by atoms with van der Waals surface area (Å²) in [5.74, 6) is 0.723. The Morgan fingerprint density at radius 1 is 1.39 bits per heavy atom. The number of hydrogen-bond acceptors (Lipinski definition) is 2. The minimum atomic E-state index is -0.0353. The summed E-state index contributed by atoms with van der Waals surface area (Å²) >= 11 is 3.44. The normalized spacial score (nSPS) is 10.6. The van der Waals surface area contributed by atoms with Gasteiger partial charge in [-0.15, -0.1) is 0 Å². The van der Waals surface area contributed by atoms with Crippen molar-refractivity contribution in [3.63, 3.8) is 0 Å². The summed E-state index contributed by atoms with van der Waals surface area (Å²) in [6, 6.07) is 8.01. The fraction of sp³-hybridized carbons (Fsp3) is 0.286. The number of aromatic amines is 1. The Balaban J connectivity index is 2.35. The molecule has 1 aromatic carbocycles. The number of aryl methyl sites for hydroxylation is 1. The molecule has 94 valence electrons. The number of aromatic nitrogens is 2. The van der Waals surface area contributed by atoms with Crippen LogP contribution in [0.2, 0.25) is 0 Å². The van der Waals surface area contributed by atoms with Gasteiger partial charge in [-0.3, -0.25) is 4.79 Å². The molecule has 0 unspecified atom stereocenters. The molecule has 18 heavy (non-hydrogen) atoms. The number of hydrogen-bond donors (Lipinski definition) is 1. The highest BCUT2D eigenvalue weighted by atomic mass is 79.9. The molecule has 2 aromatic rings. The maximum atomic E-state index is 11.8. The number of nitrogens with one attached hydrogen (secondary N) is 1. The molecule has 0 aliphatic rings. The number of benzene rings is 1. The molecular weight excluding hydrogens is 292 g/mol. The van der Waals surface area contributed by atoms with Crippen LogP contribution in [0.5, 0.6) is 0 Å². The van der Waals surface area contributed by atoms with Crippen LogP contribution in [0, 0.1) is 6.92 Å². The van der Waals surface area contributed by atoms with E-state index in [0.717, 1.165) is 33.5 Å². The largest absolute Gasteiger partial charge is 0.310 e. The molecule has 0 fully saturated rings. The van der Waals surface area contributed by atoms with Crippen LogP contribution in [-0.2, 0) is 12.8 Å². The Hall–Kier alpha value is -1.42. The van der Waals surface area contributed by atoms with Gasteiger partial charge in [0.2, 0.25) is 0 Å². The van der Waals surface area contributed by atoms with Crippen LogP contribution in [-0.4, -0.2) is 9.97 Å². The molecule has 0 amide bonds. The van der Waals surface area contributed by atoms with E-state index in [-0.39, 0.29) is 5.56 Å². The molecular formula is C14H15BrN2O. The Bertz CT molecular complexity index is 619. The van der Waals surface area contributed by atoms with Crippen molar-refractivity contribution in [2.75, 3.05) is 0 Å². The van der Waals surface area contributed by atoms with Crippen LogP contribution in [0.3, 0.4) is 0 Å². The number of halogens is 1. The minimum Gasteiger partial charge on any atom is -0.310 e. The lowest BCUT2D eigenvalue weighted by molar-refractivity contribution is 0.868. The third-order valence-electron chi connectivity index (χ3n) is 2.90. The van der Waals surface area contributed by atoms with Crippen molar-refractivity contribution in [2.45, 2.75) is 26.7 Å². The van der Waals surface area contributed by atoms with Crippen molar-refractivity contribution in [1.82, 2.24) is 9.97 Å². The molecule has 0 atom stereocenters. The van der Waals surface area contributed by atoms with Crippen LogP contribution >= 0.6 is 15.9 Å². The van der Waals surface area contributed by atoms with Crippen molar-refractivity contribution in [3.05, 3.63) is 61.7 Å². The summed E-state index contributed by atoms with van der Waals surface area (Å²) in [7, 11) is 0. The van der Waals surface area contributed by atoms with E-state index < -0.39 is 0 Å². The molecule has 0 bridgehead atoms. The van der Waals surface area contributed by atoms with E-state index in [1.807, 2.05) is 38.1 Å². The van der Waals surface area contributed by atoms with Crippen molar-refractivity contribution in [3.8, 4) is 0 Å². The molecule has 1 heterocycles. The maximum Gasteiger partial charge on any atom is 0.254 e. The highest BCUT2D eigenvalue weighted by molar-refractivity contribution is 9.10. The summed E-state index contributed by atoms with van der Waals surface area (Å²) < 4.78 is 1.03. The first-order valence-corrected chi connectivity index (χ1v) is 6.72. The monoisotopic (exact) mass is 306 g/mol. The van der Waals surface area contributed by atoms with Gasteiger partial charge >= 0.3 is 0 Å². The summed E-state index contributed by atoms with van der Waals surface area (Å²) in [6.45, 7) is 3.82. The Morgan fingerprint density at radius 3 is 2.83 bits per heavy atom. The Labute approximate surface area is 114 Å². The second kappa shape index (κ2) is 5.48. The number of H-pyrrole nitrogens is 1. The van der Waals surface area contributed by atoms with E-state index >= 15 is 0 Å². The van der Waals surface area contributed by atoms with Crippen LogP contribution in [0.4, 0.5) is 0 Å². The highest BCUT2D eigenvalue weighted by Crippen LogP contribution is 2.14.